The topological polar surface area (TPSA) is 88.6 Å². The molecule has 30 heavy (non-hydrogen) atoms. The zero-order valence-electron chi connectivity index (χ0n) is 16.0. The molecule has 0 unspecified atom stereocenters. The fourth-order valence-electron chi connectivity index (χ4n) is 3.21. The Hall–Kier alpha value is -2.20. The third-order valence-corrected chi connectivity index (χ3v) is 7.82. The van der Waals surface area contributed by atoms with Crippen LogP contribution < -0.4 is 10.1 Å². The molecule has 1 aromatic heterocycles. The van der Waals surface area contributed by atoms with Crippen LogP contribution in [-0.2, 0) is 14.8 Å². The van der Waals surface area contributed by atoms with Crippen LogP contribution in [-0.4, -0.2) is 43.3 Å². The molecule has 0 atom stereocenters. The first-order valence-electron chi connectivity index (χ1n) is 9.51. The van der Waals surface area contributed by atoms with Crippen molar-refractivity contribution < 1.29 is 17.9 Å². The molecule has 158 valence electrons. The van der Waals surface area contributed by atoms with Crippen molar-refractivity contribution in [1.29, 1.82) is 0 Å². The maximum Gasteiger partial charge on any atom is 0.264 e. The number of hydrogen-bond donors (Lipinski definition) is 1. The lowest BCUT2D eigenvalue weighted by Gasteiger charge is -2.25. The van der Waals surface area contributed by atoms with Crippen molar-refractivity contribution in [2.45, 2.75) is 24.2 Å². The zero-order valence-corrected chi connectivity index (χ0v) is 18.4. The van der Waals surface area contributed by atoms with Crippen molar-refractivity contribution in [3.8, 4) is 5.75 Å². The summed E-state index contributed by atoms with van der Waals surface area (Å²) in [6.07, 6.45) is 2.83. The van der Waals surface area contributed by atoms with Crippen molar-refractivity contribution in [1.82, 2.24) is 9.29 Å². The van der Waals surface area contributed by atoms with E-state index in [9.17, 15) is 13.2 Å². The molecule has 0 radical (unpaired) electrons. The second kappa shape index (κ2) is 8.89. The minimum absolute atomic E-state index is 0.174. The second-order valence-electron chi connectivity index (χ2n) is 6.90. The first kappa shape index (κ1) is 21.0. The third-order valence-electron chi connectivity index (χ3n) is 4.74. The van der Waals surface area contributed by atoms with E-state index in [-0.39, 0.29) is 17.4 Å². The molecule has 1 saturated heterocycles. The second-order valence-corrected chi connectivity index (χ2v) is 10.3. The molecule has 3 aromatic rings. The summed E-state index contributed by atoms with van der Waals surface area (Å²) in [5, 5.41) is 3.67. The molecule has 2 aromatic carbocycles. The Morgan fingerprint density at radius 3 is 2.60 bits per heavy atom. The number of carbonyl (C=O) groups excluding carboxylic acids is 1. The molecule has 0 aliphatic carbocycles. The van der Waals surface area contributed by atoms with Crippen molar-refractivity contribution in [3.63, 3.8) is 0 Å². The number of aromatic nitrogens is 1. The Bertz CT molecular complexity index is 1160. The summed E-state index contributed by atoms with van der Waals surface area (Å²) in [6.45, 7) is 0.933. The number of nitrogens with zero attached hydrogens (tertiary/aromatic N) is 2. The van der Waals surface area contributed by atoms with Crippen LogP contribution in [0.25, 0.3) is 10.2 Å². The van der Waals surface area contributed by atoms with Gasteiger partial charge in [0.2, 0.25) is 10.0 Å². The predicted octanol–water partition coefficient (Wildman–Crippen LogP) is 4.14. The predicted molar refractivity (Wildman–Crippen MR) is 118 cm³/mol. The van der Waals surface area contributed by atoms with E-state index in [2.05, 4.69) is 10.3 Å². The molecule has 0 spiro atoms. The van der Waals surface area contributed by atoms with Crippen LogP contribution in [0.5, 0.6) is 5.75 Å². The number of amides is 1. The molecule has 1 N–H and O–H groups in total. The van der Waals surface area contributed by atoms with E-state index < -0.39 is 10.0 Å². The largest absolute Gasteiger partial charge is 0.484 e. The standard InChI is InChI=1S/C20H20ClN3O4S2/c21-14-4-6-15(7-5-14)28-13-19(25)23-20-22-17-9-8-16(12-18(17)29-20)30(26,27)24-10-2-1-3-11-24/h4-9,12H,1-3,10-11,13H2,(H,22,23,25). The van der Waals surface area contributed by atoms with Crippen LogP contribution in [0.2, 0.25) is 5.02 Å². The Morgan fingerprint density at radius 1 is 1.13 bits per heavy atom. The van der Waals surface area contributed by atoms with Gasteiger partial charge in [0.1, 0.15) is 5.75 Å². The molecule has 2 heterocycles. The van der Waals surface area contributed by atoms with Crippen molar-refractivity contribution >= 4 is 54.2 Å². The summed E-state index contributed by atoms with van der Waals surface area (Å²) >= 11 is 7.05. The van der Waals surface area contributed by atoms with E-state index in [1.165, 1.54) is 15.6 Å². The Labute approximate surface area is 183 Å². The van der Waals surface area contributed by atoms with Gasteiger partial charge in [0.25, 0.3) is 5.91 Å². The number of carbonyl (C=O) groups is 1. The number of nitrogens with one attached hydrogen (secondary N) is 1. The van der Waals surface area contributed by atoms with Gasteiger partial charge in [-0.3, -0.25) is 10.1 Å². The molecular weight excluding hydrogens is 446 g/mol. The molecule has 0 bridgehead atoms. The summed E-state index contributed by atoms with van der Waals surface area (Å²) < 4.78 is 33.4. The monoisotopic (exact) mass is 465 g/mol. The summed E-state index contributed by atoms with van der Waals surface area (Å²) in [5.74, 6) is 0.177. The first-order valence-corrected chi connectivity index (χ1v) is 12.1. The Morgan fingerprint density at radius 2 is 1.87 bits per heavy atom. The maximum atomic E-state index is 12.9. The van der Waals surface area contributed by atoms with Crippen LogP contribution >= 0.6 is 22.9 Å². The fraction of sp³-hybridized carbons (Fsp3) is 0.300. The maximum absolute atomic E-state index is 12.9. The quantitative estimate of drug-likeness (QED) is 0.591. The van der Waals surface area contributed by atoms with Crippen molar-refractivity contribution in [3.05, 3.63) is 47.5 Å². The third kappa shape index (κ3) is 4.75. The molecule has 1 fully saturated rings. The molecular formula is C20H20ClN3O4S2. The van der Waals surface area contributed by atoms with Crippen LogP contribution in [0.3, 0.4) is 0 Å². The van der Waals surface area contributed by atoms with E-state index in [0.29, 0.717) is 39.2 Å². The highest BCUT2D eigenvalue weighted by molar-refractivity contribution is 7.89. The van der Waals surface area contributed by atoms with Gasteiger partial charge in [0, 0.05) is 18.1 Å². The first-order chi connectivity index (χ1) is 14.4. The molecule has 1 aliphatic heterocycles. The van der Waals surface area contributed by atoms with Gasteiger partial charge in [-0.2, -0.15) is 4.31 Å². The lowest BCUT2D eigenvalue weighted by molar-refractivity contribution is -0.118. The number of thiazole rings is 1. The smallest absolute Gasteiger partial charge is 0.264 e. The molecule has 10 heteroatoms. The summed E-state index contributed by atoms with van der Waals surface area (Å²) in [5.41, 5.74) is 0.631. The van der Waals surface area contributed by atoms with E-state index in [1.807, 2.05) is 0 Å². The summed E-state index contributed by atoms with van der Waals surface area (Å²) in [6, 6.07) is 11.6. The van der Waals surface area contributed by atoms with Gasteiger partial charge in [0.05, 0.1) is 15.1 Å². The van der Waals surface area contributed by atoms with Crippen LogP contribution in [0.4, 0.5) is 5.13 Å². The van der Waals surface area contributed by atoms with E-state index >= 15 is 0 Å². The minimum Gasteiger partial charge on any atom is -0.484 e. The average Bonchev–Trinajstić information content (AvgIpc) is 3.15. The van der Waals surface area contributed by atoms with E-state index in [0.717, 1.165) is 19.3 Å². The molecule has 1 aliphatic rings. The minimum atomic E-state index is -3.51. The van der Waals surface area contributed by atoms with Crippen molar-refractivity contribution in [2.75, 3.05) is 25.0 Å². The number of anilines is 1. The number of sulfonamides is 1. The van der Waals surface area contributed by atoms with Crippen LogP contribution in [0.1, 0.15) is 19.3 Å². The van der Waals surface area contributed by atoms with E-state index in [4.69, 9.17) is 16.3 Å². The summed E-state index contributed by atoms with van der Waals surface area (Å²) in [7, 11) is -3.51. The van der Waals surface area contributed by atoms with Gasteiger partial charge in [-0.05, 0) is 55.3 Å². The van der Waals surface area contributed by atoms with Gasteiger partial charge in [-0.15, -0.1) is 0 Å². The zero-order chi connectivity index (χ0) is 21.1. The van der Waals surface area contributed by atoms with Gasteiger partial charge in [-0.1, -0.05) is 29.4 Å². The van der Waals surface area contributed by atoms with Crippen molar-refractivity contribution in [2.24, 2.45) is 0 Å². The number of halogens is 1. The normalized spacial score (nSPS) is 15.2. The number of rotatable bonds is 6. The van der Waals surface area contributed by atoms with Gasteiger partial charge in [-0.25, -0.2) is 13.4 Å². The fourth-order valence-corrected chi connectivity index (χ4v) is 5.87. The lowest BCUT2D eigenvalue weighted by atomic mass is 10.2. The van der Waals surface area contributed by atoms with Gasteiger partial charge < -0.3 is 4.74 Å². The molecule has 7 nitrogen and oxygen atoms in total. The number of piperidine rings is 1. The Kier molecular flexibility index (Phi) is 6.24. The molecule has 4 rings (SSSR count). The highest BCUT2D eigenvalue weighted by atomic mass is 35.5. The average molecular weight is 466 g/mol. The molecule has 0 saturated carbocycles. The highest BCUT2D eigenvalue weighted by Gasteiger charge is 2.26. The summed E-state index contributed by atoms with van der Waals surface area (Å²) in [4.78, 5) is 16.8. The highest BCUT2D eigenvalue weighted by Crippen LogP contribution is 2.30. The van der Waals surface area contributed by atoms with E-state index in [1.54, 1.807) is 42.5 Å². The molecule has 1 amide bonds. The van der Waals surface area contributed by atoms with Crippen LogP contribution in [0, 0.1) is 0 Å². The number of fused-ring (bicyclic) bond motifs is 1. The number of ether oxygens (including phenoxy) is 1. The Balaban J connectivity index is 1.44. The number of hydrogen-bond acceptors (Lipinski definition) is 6. The van der Waals surface area contributed by atoms with Crippen LogP contribution in [0.15, 0.2) is 47.4 Å². The number of benzene rings is 2. The van der Waals surface area contributed by atoms with Gasteiger partial charge >= 0.3 is 0 Å². The van der Waals surface area contributed by atoms with Gasteiger partial charge in [0.15, 0.2) is 11.7 Å². The lowest BCUT2D eigenvalue weighted by Crippen LogP contribution is -2.35. The SMILES string of the molecule is O=C(COc1ccc(Cl)cc1)Nc1nc2ccc(S(=O)(=O)N3CCCCC3)cc2s1.